The van der Waals surface area contributed by atoms with E-state index in [1.165, 1.54) is 19.3 Å². The van der Waals surface area contributed by atoms with E-state index >= 15 is 0 Å². The minimum absolute atomic E-state index is 0.526. The van der Waals surface area contributed by atoms with Crippen LogP contribution in [0.3, 0.4) is 0 Å². The Labute approximate surface area is 99.4 Å². The molecule has 3 heteroatoms. The highest BCUT2D eigenvalue weighted by Gasteiger charge is 2.35. The number of rotatable bonds is 4. The Morgan fingerprint density at radius 1 is 1.33 bits per heavy atom. The molecule has 0 unspecified atom stereocenters. The molecule has 88 valence electrons. The van der Waals surface area contributed by atoms with Crippen LogP contribution in [0.1, 0.15) is 46.5 Å². The van der Waals surface area contributed by atoms with Crippen molar-refractivity contribution in [2.45, 2.75) is 46.5 Å². The van der Waals surface area contributed by atoms with Gasteiger partial charge in [-0.1, -0.05) is 20.8 Å². The highest BCUT2D eigenvalue weighted by Crippen LogP contribution is 2.36. The summed E-state index contributed by atoms with van der Waals surface area (Å²) in [4.78, 5) is 2.35. The minimum atomic E-state index is 0.526. The van der Waals surface area contributed by atoms with Crippen LogP contribution in [0, 0.1) is 5.41 Å². The molecule has 1 N–H and O–H groups in total. The van der Waals surface area contributed by atoms with Gasteiger partial charge >= 0.3 is 0 Å². The molecule has 1 heterocycles. The van der Waals surface area contributed by atoms with Gasteiger partial charge in [0.1, 0.15) is 0 Å². The molecule has 1 saturated heterocycles. The predicted octanol–water partition coefficient (Wildman–Crippen LogP) is 2.78. The van der Waals surface area contributed by atoms with E-state index in [-0.39, 0.29) is 0 Å². The van der Waals surface area contributed by atoms with E-state index in [0.29, 0.717) is 5.41 Å². The molecule has 1 aliphatic heterocycles. The van der Waals surface area contributed by atoms with Crippen LogP contribution >= 0.6 is 12.2 Å². The quantitative estimate of drug-likeness (QED) is 0.745. The lowest BCUT2D eigenvalue weighted by Gasteiger charge is -2.27. The van der Waals surface area contributed by atoms with Crippen molar-refractivity contribution in [2.75, 3.05) is 19.6 Å². The van der Waals surface area contributed by atoms with Crippen molar-refractivity contribution in [1.82, 2.24) is 10.2 Å². The van der Waals surface area contributed by atoms with E-state index in [0.717, 1.165) is 31.2 Å². The topological polar surface area (TPSA) is 15.3 Å². The summed E-state index contributed by atoms with van der Waals surface area (Å²) in [5.74, 6) is 0. The smallest absolute Gasteiger partial charge is 0.168 e. The third-order valence-electron chi connectivity index (χ3n) is 3.75. The van der Waals surface area contributed by atoms with Crippen molar-refractivity contribution < 1.29 is 0 Å². The lowest BCUT2D eigenvalue weighted by atomic mass is 9.82. The first kappa shape index (κ1) is 12.8. The normalized spacial score (nSPS) is 19.3. The maximum absolute atomic E-state index is 5.39. The Morgan fingerprint density at radius 3 is 2.47 bits per heavy atom. The van der Waals surface area contributed by atoms with Gasteiger partial charge in [-0.05, 0) is 43.3 Å². The molecule has 0 bridgehead atoms. The fourth-order valence-corrected chi connectivity index (χ4v) is 2.54. The van der Waals surface area contributed by atoms with Crippen LogP contribution < -0.4 is 5.32 Å². The molecule has 0 aliphatic carbocycles. The van der Waals surface area contributed by atoms with Crippen molar-refractivity contribution in [3.05, 3.63) is 0 Å². The van der Waals surface area contributed by atoms with Crippen LogP contribution in [0.2, 0.25) is 0 Å². The van der Waals surface area contributed by atoms with Gasteiger partial charge in [0.05, 0.1) is 0 Å². The molecule has 0 radical (unpaired) electrons. The summed E-state index contributed by atoms with van der Waals surface area (Å²) < 4.78 is 0. The van der Waals surface area contributed by atoms with Gasteiger partial charge in [-0.2, -0.15) is 0 Å². The average Bonchev–Trinajstić information content (AvgIpc) is 2.71. The molecule has 1 rings (SSSR count). The van der Waals surface area contributed by atoms with Gasteiger partial charge in [-0.15, -0.1) is 0 Å². The second-order valence-corrected chi connectivity index (χ2v) is 5.00. The van der Waals surface area contributed by atoms with Crippen molar-refractivity contribution >= 4 is 17.3 Å². The largest absolute Gasteiger partial charge is 0.363 e. The molecule has 1 fully saturated rings. The third kappa shape index (κ3) is 3.07. The van der Waals surface area contributed by atoms with Crippen molar-refractivity contribution in [3.63, 3.8) is 0 Å². The van der Waals surface area contributed by atoms with E-state index in [2.05, 4.69) is 31.0 Å². The minimum Gasteiger partial charge on any atom is -0.363 e. The average molecular weight is 228 g/mol. The predicted molar refractivity (Wildman–Crippen MR) is 70.1 cm³/mol. The first-order valence-corrected chi connectivity index (χ1v) is 6.61. The molecule has 15 heavy (non-hydrogen) atoms. The van der Waals surface area contributed by atoms with Crippen LogP contribution in [0.25, 0.3) is 0 Å². The Kier molecular flexibility index (Phi) is 4.84. The van der Waals surface area contributed by atoms with Crippen molar-refractivity contribution in [3.8, 4) is 0 Å². The Hall–Kier alpha value is -0.310. The zero-order valence-electron chi connectivity index (χ0n) is 10.3. The number of nitrogens with zero attached hydrogens (tertiary/aromatic N) is 1. The summed E-state index contributed by atoms with van der Waals surface area (Å²) in [6.07, 6.45) is 4.99. The van der Waals surface area contributed by atoms with Gasteiger partial charge in [0.15, 0.2) is 5.11 Å². The molecular weight excluding hydrogens is 204 g/mol. The zero-order valence-corrected chi connectivity index (χ0v) is 11.1. The van der Waals surface area contributed by atoms with Gasteiger partial charge in [-0.3, -0.25) is 0 Å². The monoisotopic (exact) mass is 228 g/mol. The first-order valence-electron chi connectivity index (χ1n) is 6.20. The maximum atomic E-state index is 5.39. The summed E-state index contributed by atoms with van der Waals surface area (Å²) in [7, 11) is 0. The lowest BCUT2D eigenvalue weighted by molar-refractivity contribution is 0.277. The number of thiocarbonyl (C=S) groups is 1. The molecule has 0 aromatic carbocycles. The summed E-state index contributed by atoms with van der Waals surface area (Å²) >= 11 is 5.39. The van der Waals surface area contributed by atoms with Crippen LogP contribution in [-0.4, -0.2) is 29.6 Å². The van der Waals surface area contributed by atoms with Gasteiger partial charge in [-0.25, -0.2) is 0 Å². The SMILES string of the molecule is CCCNC(=S)N1CCC(CC)(CC)C1. The van der Waals surface area contributed by atoms with E-state index < -0.39 is 0 Å². The second kappa shape index (κ2) is 5.69. The highest BCUT2D eigenvalue weighted by molar-refractivity contribution is 7.80. The Bertz CT molecular complexity index is 212. The molecule has 0 atom stereocenters. The molecular formula is C12H24N2S. The molecule has 0 aromatic rings. The van der Waals surface area contributed by atoms with Gasteiger partial charge < -0.3 is 10.2 Å². The van der Waals surface area contributed by atoms with Crippen molar-refractivity contribution in [2.24, 2.45) is 5.41 Å². The van der Waals surface area contributed by atoms with Crippen LogP contribution in [-0.2, 0) is 0 Å². The number of likely N-dealkylation sites (tertiary alicyclic amines) is 1. The van der Waals surface area contributed by atoms with E-state index in [1.807, 2.05) is 0 Å². The highest BCUT2D eigenvalue weighted by atomic mass is 32.1. The fraction of sp³-hybridized carbons (Fsp3) is 0.917. The van der Waals surface area contributed by atoms with Crippen LogP contribution in [0.15, 0.2) is 0 Å². The van der Waals surface area contributed by atoms with Crippen molar-refractivity contribution in [1.29, 1.82) is 0 Å². The molecule has 1 aliphatic rings. The maximum Gasteiger partial charge on any atom is 0.168 e. The van der Waals surface area contributed by atoms with Crippen LogP contribution in [0.5, 0.6) is 0 Å². The van der Waals surface area contributed by atoms with E-state index in [1.54, 1.807) is 0 Å². The summed E-state index contributed by atoms with van der Waals surface area (Å²) in [5, 5.41) is 4.28. The molecule has 0 saturated carbocycles. The first-order chi connectivity index (χ1) is 7.17. The van der Waals surface area contributed by atoms with Gasteiger partial charge in [0.2, 0.25) is 0 Å². The summed E-state index contributed by atoms with van der Waals surface area (Å²) in [6.45, 7) is 10.1. The molecule has 2 nitrogen and oxygen atoms in total. The zero-order chi connectivity index (χ0) is 11.3. The molecule has 0 aromatic heterocycles. The molecule has 0 spiro atoms. The summed E-state index contributed by atoms with van der Waals surface area (Å²) in [5.41, 5.74) is 0.526. The van der Waals surface area contributed by atoms with E-state index in [4.69, 9.17) is 12.2 Å². The lowest BCUT2D eigenvalue weighted by Crippen LogP contribution is -2.39. The summed E-state index contributed by atoms with van der Waals surface area (Å²) in [6, 6.07) is 0. The standard InChI is InChI=1S/C12H24N2S/c1-4-8-13-11(15)14-9-7-12(5-2,6-3)10-14/h4-10H2,1-3H3,(H,13,15). The molecule has 0 amide bonds. The number of hydrogen-bond acceptors (Lipinski definition) is 1. The fourth-order valence-electron chi connectivity index (χ4n) is 2.28. The van der Waals surface area contributed by atoms with Gasteiger partial charge in [0, 0.05) is 19.6 Å². The second-order valence-electron chi connectivity index (χ2n) is 4.61. The Morgan fingerprint density at radius 2 is 2.00 bits per heavy atom. The number of nitrogens with one attached hydrogen (secondary N) is 1. The van der Waals surface area contributed by atoms with Gasteiger partial charge in [0.25, 0.3) is 0 Å². The number of hydrogen-bond donors (Lipinski definition) is 1. The Balaban J connectivity index is 2.44. The van der Waals surface area contributed by atoms with E-state index in [9.17, 15) is 0 Å². The third-order valence-corrected chi connectivity index (χ3v) is 4.15. The van der Waals surface area contributed by atoms with Crippen LogP contribution in [0.4, 0.5) is 0 Å².